The fourth-order valence-electron chi connectivity index (χ4n) is 4.58. The molecule has 2 saturated heterocycles. The molecule has 2 heteroatoms. The molecule has 0 spiro atoms. The van der Waals surface area contributed by atoms with Crippen molar-refractivity contribution < 1.29 is 9.47 Å². The summed E-state index contributed by atoms with van der Waals surface area (Å²) in [6, 6.07) is 0. The minimum atomic E-state index is 0.676. The Morgan fingerprint density at radius 2 is 1.67 bits per heavy atom. The third-order valence-corrected chi connectivity index (χ3v) is 4.99. The molecule has 3 aliphatic carbocycles. The Hall–Kier alpha value is -0.0800. The van der Waals surface area contributed by atoms with Gasteiger partial charge in [0.2, 0.25) is 0 Å². The van der Waals surface area contributed by atoms with Gasteiger partial charge in [-0.3, -0.25) is 0 Å². The smallest absolute Gasteiger partial charge is 0.0876 e. The molecule has 2 nitrogen and oxygen atoms in total. The Labute approximate surface area is 71.2 Å². The molecule has 5 rings (SSSR count). The van der Waals surface area contributed by atoms with Gasteiger partial charge in [0, 0.05) is 0 Å². The maximum atomic E-state index is 5.69. The normalized spacial score (nSPS) is 80.0. The number of hydrogen-bond acceptors (Lipinski definition) is 2. The van der Waals surface area contributed by atoms with Crippen molar-refractivity contribution in [3.8, 4) is 0 Å². The fourth-order valence-corrected chi connectivity index (χ4v) is 4.58. The molecule has 5 aliphatic rings. The first-order valence-corrected chi connectivity index (χ1v) is 5.24. The molecule has 5 fully saturated rings. The van der Waals surface area contributed by atoms with Gasteiger partial charge in [-0.25, -0.2) is 0 Å². The topological polar surface area (TPSA) is 25.1 Å². The maximum Gasteiger partial charge on any atom is 0.0876 e. The average Bonchev–Trinajstić information content (AvgIpc) is 2.92. The van der Waals surface area contributed by atoms with E-state index < -0.39 is 0 Å². The van der Waals surface area contributed by atoms with Crippen molar-refractivity contribution in [2.24, 2.45) is 23.7 Å². The molecule has 2 heterocycles. The zero-order chi connectivity index (χ0) is 7.45. The highest BCUT2D eigenvalue weighted by atomic mass is 16.6. The van der Waals surface area contributed by atoms with E-state index >= 15 is 0 Å². The summed E-state index contributed by atoms with van der Waals surface area (Å²) in [6.07, 6.45) is 5.58. The molecule has 2 aliphatic heterocycles. The summed E-state index contributed by atoms with van der Waals surface area (Å²) in [5, 5.41) is 0. The second-order valence-electron chi connectivity index (χ2n) is 5.24. The van der Waals surface area contributed by atoms with Crippen LogP contribution >= 0.6 is 0 Å². The third-order valence-electron chi connectivity index (χ3n) is 4.99. The molecule has 64 valence electrons. The standard InChI is InChI=1S/C10H12O2/c1-4-3-2-6-10(11-6)7(3)5(1)9-8(4)12-9/h3-10H,1-2H2/t3-,4-,5+,6-,7-,8-,9+,10-/m1/s1. The Bertz CT molecular complexity index is 273. The van der Waals surface area contributed by atoms with Crippen LogP contribution in [0.3, 0.4) is 0 Å². The minimum Gasteiger partial charge on any atom is -0.369 e. The summed E-state index contributed by atoms with van der Waals surface area (Å²) >= 11 is 0. The number of fused-ring (bicyclic) bond motifs is 10. The van der Waals surface area contributed by atoms with Gasteiger partial charge in [-0.05, 0) is 36.5 Å². The summed E-state index contributed by atoms with van der Waals surface area (Å²) < 4.78 is 11.3. The van der Waals surface area contributed by atoms with Crippen LogP contribution < -0.4 is 0 Å². The van der Waals surface area contributed by atoms with Crippen LogP contribution in [0.25, 0.3) is 0 Å². The van der Waals surface area contributed by atoms with Crippen LogP contribution in [0.2, 0.25) is 0 Å². The van der Waals surface area contributed by atoms with Crippen LogP contribution in [0, 0.1) is 23.7 Å². The van der Waals surface area contributed by atoms with E-state index in [1.807, 2.05) is 0 Å². The summed E-state index contributed by atoms with van der Waals surface area (Å²) in [5.41, 5.74) is 0. The van der Waals surface area contributed by atoms with Crippen LogP contribution in [0.4, 0.5) is 0 Å². The van der Waals surface area contributed by atoms with E-state index in [4.69, 9.17) is 9.47 Å². The number of epoxide rings is 2. The fraction of sp³-hybridized carbons (Fsp3) is 1.00. The summed E-state index contributed by atoms with van der Waals surface area (Å²) in [7, 11) is 0. The summed E-state index contributed by atoms with van der Waals surface area (Å²) in [4.78, 5) is 0. The molecule has 8 atom stereocenters. The number of hydrogen-bond donors (Lipinski definition) is 0. The van der Waals surface area contributed by atoms with Gasteiger partial charge in [0.05, 0.1) is 24.4 Å². The monoisotopic (exact) mass is 164 g/mol. The predicted octanol–water partition coefficient (Wildman–Crippen LogP) is 0.807. The van der Waals surface area contributed by atoms with E-state index in [2.05, 4.69) is 0 Å². The van der Waals surface area contributed by atoms with E-state index in [1.54, 1.807) is 0 Å². The Kier molecular flexibility index (Phi) is 0.644. The Morgan fingerprint density at radius 3 is 2.67 bits per heavy atom. The van der Waals surface area contributed by atoms with Crippen molar-refractivity contribution in [1.82, 2.24) is 0 Å². The van der Waals surface area contributed by atoms with Gasteiger partial charge >= 0.3 is 0 Å². The zero-order valence-corrected chi connectivity index (χ0v) is 6.85. The molecule has 0 aromatic carbocycles. The summed E-state index contributed by atoms with van der Waals surface area (Å²) in [5.74, 6) is 3.77. The van der Waals surface area contributed by atoms with Gasteiger partial charge in [0.25, 0.3) is 0 Å². The summed E-state index contributed by atoms with van der Waals surface area (Å²) in [6.45, 7) is 0. The molecular formula is C10H12O2. The molecule has 3 saturated carbocycles. The average molecular weight is 164 g/mol. The van der Waals surface area contributed by atoms with E-state index in [-0.39, 0.29) is 0 Å². The molecule has 0 unspecified atom stereocenters. The van der Waals surface area contributed by atoms with Gasteiger partial charge < -0.3 is 9.47 Å². The van der Waals surface area contributed by atoms with Gasteiger partial charge in [0.1, 0.15) is 0 Å². The van der Waals surface area contributed by atoms with Crippen LogP contribution in [-0.2, 0) is 9.47 Å². The van der Waals surface area contributed by atoms with Gasteiger partial charge in [-0.15, -0.1) is 0 Å². The van der Waals surface area contributed by atoms with Crippen LogP contribution in [0.5, 0.6) is 0 Å². The van der Waals surface area contributed by atoms with E-state index in [0.717, 1.165) is 23.7 Å². The van der Waals surface area contributed by atoms with Crippen LogP contribution in [-0.4, -0.2) is 24.4 Å². The largest absolute Gasteiger partial charge is 0.369 e. The van der Waals surface area contributed by atoms with E-state index in [9.17, 15) is 0 Å². The molecule has 0 aromatic rings. The van der Waals surface area contributed by atoms with E-state index in [1.165, 1.54) is 12.8 Å². The quantitative estimate of drug-likeness (QED) is 0.495. The molecule has 0 aromatic heterocycles. The lowest BCUT2D eigenvalue weighted by molar-refractivity contribution is 0.162. The highest BCUT2D eigenvalue weighted by Gasteiger charge is 2.74. The first-order valence-electron chi connectivity index (χ1n) is 5.24. The number of rotatable bonds is 0. The highest BCUT2D eigenvalue weighted by molar-refractivity contribution is 5.21. The predicted molar refractivity (Wildman–Crippen MR) is 40.5 cm³/mol. The highest BCUT2D eigenvalue weighted by Crippen LogP contribution is 2.69. The van der Waals surface area contributed by atoms with Crippen molar-refractivity contribution in [1.29, 1.82) is 0 Å². The third kappa shape index (κ3) is 0.409. The molecule has 2 bridgehead atoms. The van der Waals surface area contributed by atoms with Crippen molar-refractivity contribution in [3.63, 3.8) is 0 Å². The van der Waals surface area contributed by atoms with Crippen LogP contribution in [0.1, 0.15) is 12.8 Å². The number of ether oxygens (including phenoxy) is 2. The van der Waals surface area contributed by atoms with Crippen molar-refractivity contribution in [2.45, 2.75) is 37.3 Å². The molecule has 0 radical (unpaired) electrons. The van der Waals surface area contributed by atoms with Crippen molar-refractivity contribution in [3.05, 3.63) is 0 Å². The van der Waals surface area contributed by atoms with Gasteiger partial charge in [0.15, 0.2) is 0 Å². The Morgan fingerprint density at radius 1 is 0.750 bits per heavy atom. The molecule has 0 N–H and O–H groups in total. The minimum absolute atomic E-state index is 0.676. The second-order valence-corrected chi connectivity index (χ2v) is 5.24. The molecular weight excluding hydrogens is 152 g/mol. The lowest BCUT2D eigenvalue weighted by Crippen LogP contribution is -2.27. The van der Waals surface area contributed by atoms with E-state index in [0.29, 0.717) is 24.4 Å². The first-order chi connectivity index (χ1) is 5.93. The molecule has 0 amide bonds. The lowest BCUT2D eigenvalue weighted by atomic mass is 9.81. The second kappa shape index (κ2) is 1.38. The lowest BCUT2D eigenvalue weighted by Gasteiger charge is -2.22. The van der Waals surface area contributed by atoms with Crippen LogP contribution in [0.15, 0.2) is 0 Å². The van der Waals surface area contributed by atoms with Gasteiger partial charge in [-0.1, -0.05) is 0 Å². The first kappa shape index (κ1) is 5.61. The SMILES string of the molecule is C1[C@@H]2[C@H]3C[C@H]4O[C@H]4[C@H]3[C@H]1[C@@H]1O[C@H]21. The van der Waals surface area contributed by atoms with Crippen molar-refractivity contribution in [2.75, 3.05) is 0 Å². The maximum absolute atomic E-state index is 5.69. The van der Waals surface area contributed by atoms with Crippen molar-refractivity contribution >= 4 is 0 Å². The Balaban J connectivity index is 1.66. The molecule has 12 heavy (non-hydrogen) atoms. The zero-order valence-electron chi connectivity index (χ0n) is 6.85. The van der Waals surface area contributed by atoms with Gasteiger partial charge in [-0.2, -0.15) is 0 Å².